The molecule has 2 rings (SSSR count). The first-order valence-corrected chi connectivity index (χ1v) is 9.79. The Morgan fingerprint density at radius 1 is 1.07 bits per heavy atom. The number of hydrogen-bond donors (Lipinski definition) is 0. The molecule has 0 radical (unpaired) electrons. The Kier molecular flexibility index (Phi) is 6.86. The van der Waals surface area contributed by atoms with Gasteiger partial charge in [0.2, 0.25) is 0 Å². The molecule has 1 aromatic carbocycles. The van der Waals surface area contributed by atoms with E-state index in [1.807, 2.05) is 25.1 Å². The molecule has 0 N–H and O–H groups in total. The van der Waals surface area contributed by atoms with Gasteiger partial charge in [0.05, 0.1) is 24.7 Å². The molecule has 0 amide bonds. The quantitative estimate of drug-likeness (QED) is 0.420. The minimum Gasteiger partial charge on any atom is -0.466 e. The maximum absolute atomic E-state index is 13.1. The lowest BCUT2D eigenvalue weighted by Crippen LogP contribution is -2.49. The van der Waals surface area contributed by atoms with Crippen LogP contribution >= 0.6 is 0 Å². The monoisotopic (exact) mass is 390 g/mol. The van der Waals surface area contributed by atoms with Crippen LogP contribution in [0.25, 0.3) is 0 Å². The van der Waals surface area contributed by atoms with E-state index in [1.165, 1.54) is 0 Å². The van der Waals surface area contributed by atoms with Gasteiger partial charge in [-0.25, -0.2) is 0 Å². The summed E-state index contributed by atoms with van der Waals surface area (Å²) >= 11 is 0. The van der Waals surface area contributed by atoms with Gasteiger partial charge in [-0.3, -0.25) is 14.4 Å². The third-order valence-electron chi connectivity index (χ3n) is 4.76. The summed E-state index contributed by atoms with van der Waals surface area (Å²) in [7, 11) is 0. The Labute approximate surface area is 166 Å². The number of carbonyl (C=O) groups excluding carboxylic acids is 3. The topological polar surface area (TPSA) is 78.9 Å². The molecule has 0 bridgehead atoms. The Morgan fingerprint density at radius 3 is 2.14 bits per heavy atom. The van der Waals surface area contributed by atoms with E-state index in [0.717, 1.165) is 16.7 Å². The van der Waals surface area contributed by atoms with Crippen LogP contribution < -0.4 is 0 Å². The number of aryl methyl sites for hydroxylation is 1. The third-order valence-corrected chi connectivity index (χ3v) is 4.76. The number of rotatable bonds is 6. The average molecular weight is 390 g/mol. The van der Waals surface area contributed by atoms with E-state index in [2.05, 4.69) is 0 Å². The molecule has 1 atom stereocenters. The van der Waals surface area contributed by atoms with Crippen molar-refractivity contribution < 1.29 is 28.6 Å². The fourth-order valence-electron chi connectivity index (χ4n) is 3.56. The molecule has 0 aromatic heterocycles. The Hall–Kier alpha value is -2.37. The van der Waals surface area contributed by atoms with Crippen LogP contribution in [-0.4, -0.2) is 36.7 Å². The zero-order valence-corrected chi connectivity index (χ0v) is 17.5. The molecule has 0 heterocycles. The van der Waals surface area contributed by atoms with Gasteiger partial charge in [0.1, 0.15) is 0 Å². The molecule has 0 saturated carbocycles. The van der Waals surface area contributed by atoms with Crippen LogP contribution in [0.2, 0.25) is 0 Å². The van der Waals surface area contributed by atoms with E-state index in [-0.39, 0.29) is 19.4 Å². The minimum atomic E-state index is -1.58. The molecule has 6 heteroatoms. The summed E-state index contributed by atoms with van der Waals surface area (Å²) in [5.74, 6) is -2.50. The van der Waals surface area contributed by atoms with Crippen molar-refractivity contribution in [3.63, 3.8) is 0 Å². The van der Waals surface area contributed by atoms with Crippen LogP contribution in [0.5, 0.6) is 0 Å². The Morgan fingerprint density at radius 2 is 1.64 bits per heavy atom. The van der Waals surface area contributed by atoms with Crippen molar-refractivity contribution in [2.24, 2.45) is 5.41 Å². The van der Waals surface area contributed by atoms with E-state index < -0.39 is 41.4 Å². The molecular formula is C22H30O6. The van der Waals surface area contributed by atoms with Crippen molar-refractivity contribution in [1.82, 2.24) is 0 Å². The second-order valence-electron chi connectivity index (χ2n) is 7.88. The van der Waals surface area contributed by atoms with E-state index in [1.54, 1.807) is 34.6 Å². The molecule has 0 spiro atoms. The van der Waals surface area contributed by atoms with Crippen LogP contribution in [0.15, 0.2) is 18.2 Å². The molecule has 1 aromatic rings. The lowest BCUT2D eigenvalue weighted by molar-refractivity contribution is -0.179. The van der Waals surface area contributed by atoms with Gasteiger partial charge in [-0.15, -0.1) is 0 Å². The summed E-state index contributed by atoms with van der Waals surface area (Å²) < 4.78 is 16.1. The van der Waals surface area contributed by atoms with Gasteiger partial charge in [0.15, 0.2) is 5.41 Å². The van der Waals surface area contributed by atoms with E-state index in [4.69, 9.17) is 14.2 Å². The first kappa shape index (κ1) is 21.9. The van der Waals surface area contributed by atoms with Crippen molar-refractivity contribution in [2.75, 3.05) is 6.61 Å². The van der Waals surface area contributed by atoms with E-state index in [9.17, 15) is 14.4 Å². The summed E-state index contributed by atoms with van der Waals surface area (Å²) in [5.41, 5.74) is 0.976. The number of hydrogen-bond acceptors (Lipinski definition) is 6. The summed E-state index contributed by atoms with van der Waals surface area (Å²) in [6, 6.07) is 5.68. The molecular weight excluding hydrogens is 360 g/mol. The summed E-state index contributed by atoms with van der Waals surface area (Å²) in [6.07, 6.45) is -0.678. The predicted octanol–water partition coefficient (Wildman–Crippen LogP) is 3.48. The lowest BCUT2D eigenvalue weighted by Gasteiger charge is -2.38. The lowest BCUT2D eigenvalue weighted by atomic mass is 9.66. The van der Waals surface area contributed by atoms with Gasteiger partial charge in [-0.2, -0.15) is 0 Å². The van der Waals surface area contributed by atoms with Crippen molar-refractivity contribution in [2.45, 2.75) is 72.5 Å². The number of esters is 3. The predicted molar refractivity (Wildman–Crippen MR) is 104 cm³/mol. The van der Waals surface area contributed by atoms with Gasteiger partial charge in [-0.1, -0.05) is 23.8 Å². The minimum absolute atomic E-state index is 0.0284. The zero-order valence-electron chi connectivity index (χ0n) is 17.5. The van der Waals surface area contributed by atoms with Crippen LogP contribution in [0.1, 0.15) is 63.6 Å². The van der Waals surface area contributed by atoms with Crippen molar-refractivity contribution >= 4 is 17.9 Å². The van der Waals surface area contributed by atoms with Crippen LogP contribution in [0, 0.1) is 12.3 Å². The smallest absolute Gasteiger partial charge is 0.324 e. The van der Waals surface area contributed by atoms with E-state index >= 15 is 0 Å². The van der Waals surface area contributed by atoms with Crippen molar-refractivity contribution in [3.8, 4) is 0 Å². The van der Waals surface area contributed by atoms with Gasteiger partial charge in [0.25, 0.3) is 0 Å². The number of fused-ring (bicyclic) bond motifs is 1. The highest BCUT2D eigenvalue weighted by atomic mass is 16.6. The highest BCUT2D eigenvalue weighted by Crippen LogP contribution is 2.45. The molecule has 0 fully saturated rings. The highest BCUT2D eigenvalue weighted by molar-refractivity contribution is 6.02. The van der Waals surface area contributed by atoms with Crippen LogP contribution in [0.4, 0.5) is 0 Å². The van der Waals surface area contributed by atoms with Crippen LogP contribution in [-0.2, 0) is 35.0 Å². The Balaban J connectivity index is 2.58. The average Bonchev–Trinajstić information content (AvgIpc) is 2.59. The highest BCUT2D eigenvalue weighted by Gasteiger charge is 2.55. The van der Waals surface area contributed by atoms with Crippen LogP contribution in [0.3, 0.4) is 0 Å². The maximum Gasteiger partial charge on any atom is 0.324 e. The summed E-state index contributed by atoms with van der Waals surface area (Å²) in [5, 5.41) is 0. The Bertz CT molecular complexity index is 727. The van der Waals surface area contributed by atoms with Crippen molar-refractivity contribution in [1.29, 1.82) is 0 Å². The van der Waals surface area contributed by atoms with Gasteiger partial charge < -0.3 is 14.2 Å². The molecule has 0 saturated heterocycles. The number of ether oxygens (including phenoxy) is 3. The van der Waals surface area contributed by atoms with Gasteiger partial charge in [-0.05, 0) is 65.5 Å². The molecule has 1 unspecified atom stereocenters. The normalized spacial score (nSPS) is 17.8. The maximum atomic E-state index is 13.1. The van der Waals surface area contributed by atoms with E-state index in [0.29, 0.717) is 0 Å². The standard InChI is InChI=1S/C22H30O6/c1-7-26-19(23)18-12-22(20(24)27-13(2)3,21(25)28-14(4)5)11-16-9-8-15(6)10-17(16)18/h8-10,13-14,18H,7,11-12H2,1-6H3. The third kappa shape index (κ3) is 4.54. The largest absolute Gasteiger partial charge is 0.466 e. The number of carbonyl (C=O) groups is 3. The van der Waals surface area contributed by atoms with Gasteiger partial charge >= 0.3 is 17.9 Å². The SMILES string of the molecule is CCOC(=O)C1CC(C(=O)OC(C)C)(C(=O)OC(C)C)Cc2ccc(C)cc21. The molecule has 154 valence electrons. The fourth-order valence-corrected chi connectivity index (χ4v) is 3.56. The molecule has 6 nitrogen and oxygen atoms in total. The molecule has 28 heavy (non-hydrogen) atoms. The summed E-state index contributed by atoms with van der Waals surface area (Å²) in [4.78, 5) is 38.9. The first-order chi connectivity index (χ1) is 13.1. The number of benzene rings is 1. The fraction of sp³-hybridized carbons (Fsp3) is 0.591. The zero-order chi connectivity index (χ0) is 21.1. The second kappa shape index (κ2) is 8.76. The second-order valence-corrected chi connectivity index (χ2v) is 7.88. The van der Waals surface area contributed by atoms with Crippen molar-refractivity contribution in [3.05, 3.63) is 34.9 Å². The summed E-state index contributed by atoms with van der Waals surface area (Å²) in [6.45, 7) is 10.8. The van der Waals surface area contributed by atoms with Gasteiger partial charge in [0, 0.05) is 0 Å². The molecule has 1 aliphatic rings. The first-order valence-electron chi connectivity index (χ1n) is 9.79. The molecule has 1 aliphatic carbocycles. The molecule has 0 aliphatic heterocycles.